The Morgan fingerprint density at radius 3 is 2.32 bits per heavy atom. The SMILES string of the molecule is COc1ccc(NC(=O)/C(C#N)=C\c2cc(Cl)c(OCC(=O)O)c(Cl)c2)cc1. The van der Waals surface area contributed by atoms with Crippen molar-refractivity contribution in [3.63, 3.8) is 0 Å². The number of hydrogen-bond acceptors (Lipinski definition) is 5. The van der Waals surface area contributed by atoms with Gasteiger partial charge in [0.15, 0.2) is 12.4 Å². The summed E-state index contributed by atoms with van der Waals surface area (Å²) in [5, 5.41) is 20.7. The monoisotopic (exact) mass is 420 g/mol. The maximum Gasteiger partial charge on any atom is 0.341 e. The third kappa shape index (κ3) is 5.64. The number of nitrogens with zero attached hydrogens (tertiary/aromatic N) is 1. The molecule has 0 aliphatic rings. The fraction of sp³-hybridized carbons (Fsp3) is 0.105. The lowest BCUT2D eigenvalue weighted by Crippen LogP contribution is -2.13. The molecule has 28 heavy (non-hydrogen) atoms. The summed E-state index contributed by atoms with van der Waals surface area (Å²) in [5.41, 5.74) is 0.682. The Balaban J connectivity index is 2.21. The van der Waals surface area contributed by atoms with E-state index in [0.717, 1.165) is 0 Å². The van der Waals surface area contributed by atoms with Gasteiger partial charge in [0.1, 0.15) is 17.4 Å². The first kappa shape index (κ1) is 21.1. The molecule has 144 valence electrons. The second kappa shape index (κ2) is 9.65. The van der Waals surface area contributed by atoms with Crippen LogP contribution in [0.2, 0.25) is 10.0 Å². The molecule has 0 aliphatic heterocycles. The molecule has 2 N–H and O–H groups in total. The summed E-state index contributed by atoms with van der Waals surface area (Å²) < 4.78 is 10.1. The summed E-state index contributed by atoms with van der Waals surface area (Å²) >= 11 is 12.1. The van der Waals surface area contributed by atoms with Crippen LogP contribution in [0.15, 0.2) is 42.0 Å². The Labute approximate surface area is 170 Å². The van der Waals surface area contributed by atoms with Crippen molar-refractivity contribution < 1.29 is 24.2 Å². The third-order valence-electron chi connectivity index (χ3n) is 3.38. The maximum atomic E-state index is 12.3. The predicted octanol–water partition coefficient (Wildman–Crippen LogP) is 4.01. The highest BCUT2D eigenvalue weighted by Gasteiger charge is 2.14. The number of carboxylic acid groups (broad SMARTS) is 1. The van der Waals surface area contributed by atoms with E-state index in [1.807, 2.05) is 6.07 Å². The largest absolute Gasteiger partial charge is 0.497 e. The first-order chi connectivity index (χ1) is 13.3. The zero-order chi connectivity index (χ0) is 20.7. The number of methoxy groups -OCH3 is 1. The van der Waals surface area contributed by atoms with Gasteiger partial charge in [-0.15, -0.1) is 0 Å². The summed E-state index contributed by atoms with van der Waals surface area (Å²) in [7, 11) is 1.53. The quantitative estimate of drug-likeness (QED) is 0.517. The molecule has 1 amide bonds. The molecule has 0 bridgehead atoms. The van der Waals surface area contributed by atoms with Crippen molar-refractivity contribution in [2.24, 2.45) is 0 Å². The van der Waals surface area contributed by atoms with Gasteiger partial charge in [-0.25, -0.2) is 4.79 Å². The third-order valence-corrected chi connectivity index (χ3v) is 3.95. The van der Waals surface area contributed by atoms with Crippen LogP contribution in [0.3, 0.4) is 0 Å². The van der Waals surface area contributed by atoms with Crippen molar-refractivity contribution in [1.29, 1.82) is 5.26 Å². The fourth-order valence-electron chi connectivity index (χ4n) is 2.12. The number of amides is 1. The van der Waals surface area contributed by atoms with Crippen LogP contribution in [0.4, 0.5) is 5.69 Å². The molecule has 0 aliphatic carbocycles. The summed E-state index contributed by atoms with van der Waals surface area (Å²) in [6.45, 7) is -0.609. The first-order valence-electron chi connectivity index (χ1n) is 7.75. The average Bonchev–Trinajstić information content (AvgIpc) is 2.65. The number of rotatable bonds is 7. The molecule has 9 heteroatoms. The molecule has 0 atom stereocenters. The van der Waals surface area contributed by atoms with Crippen LogP contribution < -0.4 is 14.8 Å². The standard InChI is InChI=1S/C19H14Cl2N2O5/c1-27-14-4-2-13(3-5-14)23-19(26)12(9-22)6-11-7-15(20)18(16(21)8-11)28-10-17(24)25/h2-8H,10H2,1H3,(H,23,26)(H,24,25)/b12-6-. The van der Waals surface area contributed by atoms with Crippen LogP contribution in [-0.2, 0) is 9.59 Å². The van der Waals surface area contributed by atoms with E-state index in [2.05, 4.69) is 5.32 Å². The second-order valence-electron chi connectivity index (χ2n) is 5.35. The number of benzene rings is 2. The van der Waals surface area contributed by atoms with Crippen molar-refractivity contribution in [2.45, 2.75) is 0 Å². The van der Waals surface area contributed by atoms with E-state index < -0.39 is 18.5 Å². The Bertz CT molecular complexity index is 942. The van der Waals surface area contributed by atoms with Crippen molar-refractivity contribution in [2.75, 3.05) is 19.0 Å². The van der Waals surface area contributed by atoms with Gasteiger partial charge in [0.2, 0.25) is 0 Å². The normalized spacial score (nSPS) is 10.7. The molecule has 0 saturated heterocycles. The van der Waals surface area contributed by atoms with E-state index in [4.69, 9.17) is 37.8 Å². The van der Waals surface area contributed by atoms with Gasteiger partial charge in [0, 0.05) is 5.69 Å². The van der Waals surface area contributed by atoms with Gasteiger partial charge in [-0.1, -0.05) is 23.2 Å². The summed E-state index contributed by atoms with van der Waals surface area (Å²) in [6.07, 6.45) is 1.30. The van der Waals surface area contributed by atoms with E-state index in [9.17, 15) is 14.9 Å². The summed E-state index contributed by atoms with van der Waals surface area (Å²) in [4.78, 5) is 22.9. The highest BCUT2D eigenvalue weighted by Crippen LogP contribution is 2.35. The van der Waals surface area contributed by atoms with Crippen LogP contribution in [-0.4, -0.2) is 30.7 Å². The minimum Gasteiger partial charge on any atom is -0.497 e. The van der Waals surface area contributed by atoms with Gasteiger partial charge >= 0.3 is 5.97 Å². The van der Waals surface area contributed by atoms with E-state index in [1.165, 1.54) is 25.3 Å². The van der Waals surface area contributed by atoms with E-state index >= 15 is 0 Å². The zero-order valence-electron chi connectivity index (χ0n) is 14.5. The number of carbonyl (C=O) groups excluding carboxylic acids is 1. The summed E-state index contributed by atoms with van der Waals surface area (Å²) in [6, 6.07) is 11.2. The van der Waals surface area contributed by atoms with Crippen molar-refractivity contribution >= 4 is 46.8 Å². The van der Waals surface area contributed by atoms with Crippen LogP contribution in [0, 0.1) is 11.3 Å². The maximum absolute atomic E-state index is 12.3. The molecule has 0 unspecified atom stereocenters. The molecule has 2 rings (SSSR count). The van der Waals surface area contributed by atoms with Gasteiger partial charge in [-0.05, 0) is 48.0 Å². The van der Waals surface area contributed by atoms with Gasteiger partial charge < -0.3 is 19.9 Å². The number of carboxylic acids is 1. The number of halogens is 2. The van der Waals surface area contributed by atoms with Gasteiger partial charge in [-0.2, -0.15) is 5.26 Å². The lowest BCUT2D eigenvalue weighted by atomic mass is 10.1. The van der Waals surface area contributed by atoms with E-state index in [1.54, 1.807) is 24.3 Å². The van der Waals surface area contributed by atoms with Crippen LogP contribution in [0.1, 0.15) is 5.56 Å². The van der Waals surface area contributed by atoms with Crippen molar-refractivity contribution in [3.8, 4) is 17.6 Å². The number of nitrogens with one attached hydrogen (secondary N) is 1. The molecule has 2 aromatic carbocycles. The topological polar surface area (TPSA) is 109 Å². The van der Waals surface area contributed by atoms with Gasteiger partial charge in [0.25, 0.3) is 5.91 Å². The Hall–Kier alpha value is -3.21. The van der Waals surface area contributed by atoms with E-state index in [0.29, 0.717) is 17.0 Å². The Morgan fingerprint density at radius 1 is 1.21 bits per heavy atom. The number of ether oxygens (including phenoxy) is 2. The highest BCUT2D eigenvalue weighted by molar-refractivity contribution is 6.37. The minimum atomic E-state index is -1.18. The molecule has 2 aromatic rings. The lowest BCUT2D eigenvalue weighted by molar-refractivity contribution is -0.139. The molecular formula is C19H14Cl2N2O5. The first-order valence-corrected chi connectivity index (χ1v) is 8.50. The van der Waals surface area contributed by atoms with Gasteiger partial charge in [-0.3, -0.25) is 4.79 Å². The fourth-order valence-corrected chi connectivity index (χ4v) is 2.74. The van der Waals surface area contributed by atoms with E-state index in [-0.39, 0.29) is 21.4 Å². The second-order valence-corrected chi connectivity index (χ2v) is 6.16. The molecule has 0 fully saturated rings. The van der Waals surface area contributed by atoms with Gasteiger partial charge in [0.05, 0.1) is 17.2 Å². The lowest BCUT2D eigenvalue weighted by Gasteiger charge is -2.09. The number of aliphatic carboxylic acids is 1. The number of anilines is 1. The Kier molecular flexibility index (Phi) is 7.27. The molecule has 0 aromatic heterocycles. The van der Waals surface area contributed by atoms with Crippen LogP contribution >= 0.6 is 23.2 Å². The van der Waals surface area contributed by atoms with Crippen LogP contribution in [0.25, 0.3) is 6.08 Å². The predicted molar refractivity (Wildman–Crippen MR) is 105 cm³/mol. The molecule has 7 nitrogen and oxygen atoms in total. The molecule has 0 spiro atoms. The van der Waals surface area contributed by atoms with Crippen molar-refractivity contribution in [3.05, 3.63) is 57.6 Å². The highest BCUT2D eigenvalue weighted by atomic mass is 35.5. The molecular weight excluding hydrogens is 407 g/mol. The smallest absolute Gasteiger partial charge is 0.341 e. The number of hydrogen-bond donors (Lipinski definition) is 2. The van der Waals surface area contributed by atoms with Crippen LogP contribution in [0.5, 0.6) is 11.5 Å². The molecule has 0 heterocycles. The molecule has 0 radical (unpaired) electrons. The molecule has 0 saturated carbocycles. The summed E-state index contributed by atoms with van der Waals surface area (Å²) in [5.74, 6) is -1.17. The minimum absolute atomic E-state index is 0.00377. The Morgan fingerprint density at radius 2 is 1.82 bits per heavy atom. The number of nitriles is 1. The average molecular weight is 421 g/mol. The van der Waals surface area contributed by atoms with Crippen molar-refractivity contribution in [1.82, 2.24) is 0 Å². The zero-order valence-corrected chi connectivity index (χ0v) is 16.0. The number of carbonyl (C=O) groups is 2.